The van der Waals surface area contributed by atoms with E-state index in [2.05, 4.69) is 9.21 Å². The Morgan fingerprint density at radius 2 is 1.82 bits per heavy atom. The second-order valence-electron chi connectivity index (χ2n) is 10.7. The molecule has 3 aliphatic heterocycles. The van der Waals surface area contributed by atoms with E-state index in [1.165, 1.54) is 13.2 Å². The van der Waals surface area contributed by atoms with Gasteiger partial charge in [-0.1, -0.05) is 13.8 Å². The molecule has 7 rings (SSSR count). The lowest BCUT2D eigenvalue weighted by molar-refractivity contribution is -0.157. The molecule has 44 heavy (non-hydrogen) atoms. The molecule has 1 fully saturated rings. The fourth-order valence-electron chi connectivity index (χ4n) is 5.93. The van der Waals surface area contributed by atoms with Gasteiger partial charge in [0.2, 0.25) is 0 Å². The number of nitrogens with two attached hydrogens (primary N) is 1. The van der Waals surface area contributed by atoms with Crippen molar-refractivity contribution in [3.8, 4) is 17.1 Å². The first-order valence-electron chi connectivity index (χ1n) is 14.6. The molecule has 12 heteroatoms. The molecule has 5 heterocycles. The van der Waals surface area contributed by atoms with Gasteiger partial charge in [0.15, 0.2) is 17.7 Å². The zero-order chi connectivity index (χ0) is 31.1. The van der Waals surface area contributed by atoms with E-state index >= 15 is 0 Å². The molecule has 0 bridgehead atoms. The number of carbonyl (C=O) groups excluding carboxylic acids is 1. The number of esters is 1. The minimum absolute atomic E-state index is 0.122. The average Bonchev–Trinajstić information content (AvgIpc) is 3.40. The number of hydrogen-bond donors (Lipinski definition) is 2. The molecule has 1 saturated heterocycles. The Hall–Kier alpha value is -3.97. The summed E-state index contributed by atoms with van der Waals surface area (Å²) in [5.74, 6) is -1.20. The van der Waals surface area contributed by atoms with Crippen LogP contribution in [0.5, 0.6) is 5.75 Å². The van der Waals surface area contributed by atoms with Crippen LogP contribution in [0.25, 0.3) is 22.3 Å². The molecule has 0 spiro atoms. The van der Waals surface area contributed by atoms with Crippen molar-refractivity contribution in [2.24, 2.45) is 0 Å². The van der Waals surface area contributed by atoms with E-state index in [-0.39, 0.29) is 35.6 Å². The molecule has 0 radical (unpaired) electrons. The highest BCUT2D eigenvalue weighted by Gasteiger charge is 2.35. The van der Waals surface area contributed by atoms with Crippen molar-refractivity contribution in [1.82, 2.24) is 18.8 Å². The number of anilines is 1. The number of hydrogen-bond acceptors (Lipinski definition) is 10. The first-order chi connectivity index (χ1) is 21.3. The number of aliphatic hydroxyl groups excluding tert-OH is 1. The highest BCUT2D eigenvalue weighted by atomic mass is 32.2. The van der Waals surface area contributed by atoms with Crippen molar-refractivity contribution in [3.63, 3.8) is 0 Å². The Balaban J connectivity index is 0.00000168. The van der Waals surface area contributed by atoms with E-state index < -0.39 is 17.9 Å². The third kappa shape index (κ3) is 5.32. The summed E-state index contributed by atoms with van der Waals surface area (Å²) in [4.78, 5) is 33.8. The Labute approximate surface area is 258 Å². The number of carbonyl (C=O) groups is 1. The molecule has 0 aliphatic carbocycles. The lowest BCUT2D eigenvalue weighted by atomic mass is 9.98. The van der Waals surface area contributed by atoms with Gasteiger partial charge in [0.05, 0.1) is 36.1 Å². The smallest absolute Gasteiger partial charge is 0.340 e. The van der Waals surface area contributed by atoms with E-state index in [9.17, 15) is 19.1 Å². The van der Waals surface area contributed by atoms with Crippen LogP contribution in [0.4, 0.5) is 10.1 Å². The summed E-state index contributed by atoms with van der Waals surface area (Å²) in [7, 11) is 1.43. The third-order valence-corrected chi connectivity index (χ3v) is 9.28. The van der Waals surface area contributed by atoms with E-state index in [4.69, 9.17) is 20.2 Å². The van der Waals surface area contributed by atoms with E-state index in [0.29, 0.717) is 23.4 Å². The molecule has 1 unspecified atom stereocenters. The van der Waals surface area contributed by atoms with Crippen LogP contribution in [-0.2, 0) is 29.2 Å². The number of nitrogen functional groups attached to an aromatic ring is 1. The number of methoxy groups -OCH3 is 1. The lowest BCUT2D eigenvalue weighted by Gasteiger charge is -2.34. The van der Waals surface area contributed by atoms with Crippen LogP contribution in [0.1, 0.15) is 42.2 Å². The quantitative estimate of drug-likeness (QED) is 0.169. The molecule has 2 aromatic carbocycles. The maximum Gasteiger partial charge on any atom is 0.340 e. The van der Waals surface area contributed by atoms with Crippen LogP contribution >= 0.6 is 11.9 Å². The average molecular weight is 620 g/mol. The summed E-state index contributed by atoms with van der Waals surface area (Å²) in [6, 6.07) is 12.5. The molecule has 0 amide bonds. The zero-order valence-electron chi connectivity index (χ0n) is 24.8. The van der Waals surface area contributed by atoms with Crippen molar-refractivity contribution < 1.29 is 23.8 Å². The van der Waals surface area contributed by atoms with Gasteiger partial charge in [-0.05, 0) is 53.9 Å². The Morgan fingerprint density at radius 1 is 1.09 bits per heavy atom. The minimum Gasteiger partial charge on any atom is -0.494 e. The van der Waals surface area contributed by atoms with E-state index in [1.54, 1.807) is 28.6 Å². The summed E-state index contributed by atoms with van der Waals surface area (Å²) in [5.41, 5.74) is 10.00. The first kappa shape index (κ1) is 30.1. The summed E-state index contributed by atoms with van der Waals surface area (Å²) >= 11 is 1.71. The van der Waals surface area contributed by atoms with Gasteiger partial charge < -0.3 is 24.9 Å². The number of aliphatic hydroxyl groups is 1. The molecule has 3 N–H and O–H groups in total. The zero-order valence-corrected chi connectivity index (χ0v) is 25.6. The van der Waals surface area contributed by atoms with Crippen molar-refractivity contribution in [3.05, 3.63) is 80.9 Å². The Kier molecular flexibility index (Phi) is 8.34. The minimum atomic E-state index is -1.54. The monoisotopic (exact) mass is 619 g/mol. The van der Waals surface area contributed by atoms with Gasteiger partial charge in [0, 0.05) is 65.9 Å². The SMILES string of the molecule is CC.COc1cc2c(CN3CCN(Sc4ccc(N)cc4)CC3)c3c(nc2cc1F)-c1cc2c(c(=O)n1C3)COC(=O)C2O. The molecule has 4 aromatic rings. The molecular weight excluding hydrogens is 585 g/mol. The van der Waals surface area contributed by atoms with Crippen LogP contribution in [0, 0.1) is 5.82 Å². The molecule has 2 aromatic heterocycles. The normalized spacial score (nSPS) is 17.8. The van der Waals surface area contributed by atoms with E-state index in [1.807, 2.05) is 38.1 Å². The standard InChI is InChI=1S/C30H28FN5O5S.C2H6/c1-40-26-11-18-20(13-34-6-8-35(9-7-34)42-17-4-2-16(32)3-5-17)21-14-36-25(27(21)33-24(18)12-23(26)31)10-19-22(29(36)38)15-41-30(39)28(19)37;1-2/h2-5,10-12,28,37H,6-9,13-15,32H2,1H3;1-2H3. The second-order valence-corrected chi connectivity index (χ2v) is 11.8. The van der Waals surface area contributed by atoms with Gasteiger partial charge in [-0.25, -0.2) is 18.5 Å². The van der Waals surface area contributed by atoms with Gasteiger partial charge in [0.25, 0.3) is 5.56 Å². The predicted octanol–water partition coefficient (Wildman–Crippen LogP) is 4.10. The van der Waals surface area contributed by atoms with Gasteiger partial charge in [-0.2, -0.15) is 0 Å². The largest absolute Gasteiger partial charge is 0.494 e. The van der Waals surface area contributed by atoms with Crippen LogP contribution in [0.3, 0.4) is 0 Å². The first-order valence-corrected chi connectivity index (χ1v) is 15.4. The van der Waals surface area contributed by atoms with Gasteiger partial charge >= 0.3 is 5.97 Å². The molecular formula is C32H34FN5O5S. The predicted molar refractivity (Wildman–Crippen MR) is 167 cm³/mol. The fourth-order valence-corrected chi connectivity index (χ4v) is 6.83. The van der Waals surface area contributed by atoms with Crippen LogP contribution < -0.4 is 16.0 Å². The van der Waals surface area contributed by atoms with Crippen molar-refractivity contribution in [2.75, 3.05) is 39.0 Å². The number of pyridine rings is 2. The van der Waals surface area contributed by atoms with Gasteiger partial charge in [0.1, 0.15) is 6.61 Å². The number of piperazine rings is 1. The second kappa shape index (κ2) is 12.2. The van der Waals surface area contributed by atoms with Gasteiger partial charge in [-0.15, -0.1) is 0 Å². The summed E-state index contributed by atoms with van der Waals surface area (Å²) < 4.78 is 29.1. The molecule has 1 atom stereocenters. The van der Waals surface area contributed by atoms with Crippen molar-refractivity contribution in [2.45, 2.75) is 44.5 Å². The molecule has 230 valence electrons. The lowest BCUT2D eigenvalue weighted by Crippen LogP contribution is -2.43. The topological polar surface area (TPSA) is 123 Å². The summed E-state index contributed by atoms with van der Waals surface area (Å²) in [5, 5.41) is 11.2. The van der Waals surface area contributed by atoms with Crippen LogP contribution in [0.2, 0.25) is 0 Å². The number of nitrogens with zero attached hydrogens (tertiary/aromatic N) is 4. The number of aromatic nitrogens is 2. The molecule has 10 nitrogen and oxygen atoms in total. The fraction of sp³-hybridized carbons (Fsp3) is 0.344. The number of halogens is 1. The third-order valence-electron chi connectivity index (χ3n) is 8.18. The maximum absolute atomic E-state index is 14.9. The number of cyclic esters (lactones) is 1. The van der Waals surface area contributed by atoms with E-state index in [0.717, 1.165) is 53.3 Å². The summed E-state index contributed by atoms with van der Waals surface area (Å²) in [6.07, 6.45) is -1.54. The van der Waals surface area contributed by atoms with Crippen LogP contribution in [0.15, 0.2) is 52.2 Å². The highest BCUT2D eigenvalue weighted by Crippen LogP contribution is 2.40. The number of rotatable bonds is 5. The van der Waals surface area contributed by atoms with Crippen molar-refractivity contribution in [1.29, 1.82) is 0 Å². The van der Waals surface area contributed by atoms with Crippen LogP contribution in [-0.4, -0.2) is 63.1 Å². The highest BCUT2D eigenvalue weighted by molar-refractivity contribution is 7.97. The maximum atomic E-state index is 14.9. The molecule has 0 saturated carbocycles. The Morgan fingerprint density at radius 3 is 2.52 bits per heavy atom. The number of fused-ring (bicyclic) bond motifs is 5. The number of benzene rings is 2. The Bertz CT molecular complexity index is 1800. The van der Waals surface area contributed by atoms with Crippen molar-refractivity contribution >= 4 is 34.5 Å². The van der Waals surface area contributed by atoms with Gasteiger partial charge in [-0.3, -0.25) is 9.69 Å². The number of ether oxygens (including phenoxy) is 2. The molecule has 3 aliphatic rings. The summed E-state index contributed by atoms with van der Waals surface area (Å²) in [6.45, 7) is 7.96.